The number of carbonyl (C=O) groups is 1. The maximum Gasteiger partial charge on any atom is 0.270 e. The van der Waals surface area contributed by atoms with Gasteiger partial charge in [0.05, 0.1) is 9.95 Å². The minimum Gasteiger partial charge on any atom is -0.506 e. The van der Waals surface area contributed by atoms with Gasteiger partial charge in [-0.25, -0.2) is 0 Å². The van der Waals surface area contributed by atoms with Gasteiger partial charge in [0.1, 0.15) is 11.8 Å². The first-order chi connectivity index (χ1) is 9.29. The third-order valence-corrected chi connectivity index (χ3v) is 2.70. The number of nitriles is 1. The summed E-state index contributed by atoms with van der Waals surface area (Å²) in [5, 5.41) is 29.4. The Balaban J connectivity index is 3.40. The van der Waals surface area contributed by atoms with Gasteiger partial charge in [-0.2, -0.15) is 5.26 Å². The molecule has 0 heterocycles. The predicted molar refractivity (Wildman–Crippen MR) is 72.0 cm³/mol. The molecule has 0 fully saturated rings. The molecule has 1 aromatic rings. The lowest BCUT2D eigenvalue weighted by molar-refractivity contribution is -0.384. The van der Waals surface area contributed by atoms with E-state index in [-0.39, 0.29) is 16.3 Å². The quantitative estimate of drug-likeness (QED) is 0.302. The Kier molecular flexibility index (Phi) is 4.67. The number of aliphatic hydroxyl groups excluding tert-OH is 1. The molecule has 0 aliphatic rings. The van der Waals surface area contributed by atoms with Gasteiger partial charge >= 0.3 is 0 Å². The molecule has 104 valence electrons. The van der Waals surface area contributed by atoms with Gasteiger partial charge in [0, 0.05) is 31.8 Å². The number of non-ortho nitro benzene ring substituents is 1. The van der Waals surface area contributed by atoms with Gasteiger partial charge in [-0.1, -0.05) is 11.6 Å². The summed E-state index contributed by atoms with van der Waals surface area (Å²) < 4.78 is 0. The number of benzene rings is 1. The van der Waals surface area contributed by atoms with Gasteiger partial charge in [-0.15, -0.1) is 0 Å². The highest BCUT2D eigenvalue weighted by Gasteiger charge is 2.21. The molecule has 1 rings (SSSR count). The summed E-state index contributed by atoms with van der Waals surface area (Å²) in [7, 11) is 2.84. The van der Waals surface area contributed by atoms with Crippen LogP contribution in [0, 0.1) is 21.4 Å². The highest BCUT2D eigenvalue weighted by atomic mass is 35.5. The van der Waals surface area contributed by atoms with Crippen LogP contribution in [-0.4, -0.2) is 34.9 Å². The first-order valence-electron chi connectivity index (χ1n) is 5.29. The van der Waals surface area contributed by atoms with Gasteiger partial charge in [-0.05, 0) is 6.07 Å². The number of amides is 1. The van der Waals surface area contributed by atoms with Crippen LogP contribution < -0.4 is 0 Å². The molecule has 0 radical (unpaired) electrons. The first-order valence-corrected chi connectivity index (χ1v) is 5.66. The van der Waals surface area contributed by atoms with Crippen LogP contribution in [0.15, 0.2) is 23.8 Å². The zero-order valence-electron chi connectivity index (χ0n) is 10.6. The van der Waals surface area contributed by atoms with Crippen LogP contribution >= 0.6 is 11.6 Å². The smallest absolute Gasteiger partial charge is 0.270 e. The van der Waals surface area contributed by atoms with E-state index in [0.717, 1.165) is 17.0 Å². The summed E-state index contributed by atoms with van der Waals surface area (Å²) in [5.74, 6) is -1.31. The Hall–Kier alpha value is -2.59. The second kappa shape index (κ2) is 6.04. The van der Waals surface area contributed by atoms with Crippen LogP contribution in [0.2, 0.25) is 5.02 Å². The Morgan fingerprint density at radius 2 is 2.10 bits per heavy atom. The number of nitro groups is 1. The van der Waals surface area contributed by atoms with Gasteiger partial charge in [-0.3, -0.25) is 14.9 Å². The molecule has 1 aromatic carbocycles. The number of hydrogen-bond acceptors (Lipinski definition) is 5. The fraction of sp³-hybridized carbons (Fsp3) is 0.167. The maximum atomic E-state index is 11.7. The highest BCUT2D eigenvalue weighted by Crippen LogP contribution is 2.28. The van der Waals surface area contributed by atoms with Crippen LogP contribution in [0.1, 0.15) is 5.56 Å². The standard InChI is InChI=1S/C12H10ClN3O4/c1-15(2)12(18)9(6-14)11(17)8-4-3-7(16(19)20)5-10(8)13/h3-5,17H,1-2H3. The molecule has 0 bridgehead atoms. The zero-order chi connectivity index (χ0) is 15.4. The maximum absolute atomic E-state index is 11.7. The Labute approximate surface area is 119 Å². The van der Waals surface area contributed by atoms with E-state index in [4.69, 9.17) is 16.9 Å². The molecule has 0 aliphatic heterocycles. The topological polar surface area (TPSA) is 107 Å². The van der Waals surface area contributed by atoms with Crippen LogP contribution in [0.4, 0.5) is 5.69 Å². The third kappa shape index (κ3) is 3.05. The summed E-state index contributed by atoms with van der Waals surface area (Å²) >= 11 is 5.82. The van der Waals surface area contributed by atoms with Gasteiger partial charge in [0.15, 0.2) is 5.57 Å². The molecule has 0 aliphatic carbocycles. The molecule has 8 heteroatoms. The summed E-state index contributed by atoms with van der Waals surface area (Å²) in [5.41, 5.74) is -0.779. The lowest BCUT2D eigenvalue weighted by Crippen LogP contribution is -2.23. The predicted octanol–water partition coefficient (Wildman–Crippen LogP) is 2.13. The lowest BCUT2D eigenvalue weighted by Gasteiger charge is -2.11. The average Bonchev–Trinajstić information content (AvgIpc) is 2.38. The number of likely N-dealkylation sites (N-methyl/N-ethyl adjacent to an activating group) is 1. The van der Waals surface area contributed by atoms with E-state index in [1.54, 1.807) is 6.07 Å². The van der Waals surface area contributed by atoms with Crippen LogP contribution in [0.3, 0.4) is 0 Å². The molecule has 0 saturated carbocycles. The van der Waals surface area contributed by atoms with Crippen molar-refractivity contribution >= 4 is 29.0 Å². The van der Waals surface area contributed by atoms with Gasteiger partial charge in [0.2, 0.25) is 0 Å². The van der Waals surface area contributed by atoms with Crippen molar-refractivity contribution in [3.05, 3.63) is 44.5 Å². The van der Waals surface area contributed by atoms with Crippen molar-refractivity contribution in [2.45, 2.75) is 0 Å². The SMILES string of the molecule is CN(C)C(=O)C(C#N)=C(O)c1ccc([N+](=O)[O-])cc1Cl. The molecule has 0 aromatic heterocycles. The van der Waals surface area contributed by atoms with E-state index < -0.39 is 22.2 Å². The van der Waals surface area contributed by atoms with Gasteiger partial charge < -0.3 is 10.0 Å². The van der Waals surface area contributed by atoms with Crippen molar-refractivity contribution < 1.29 is 14.8 Å². The summed E-state index contributed by atoms with van der Waals surface area (Å²) in [6.07, 6.45) is 0. The van der Waals surface area contributed by atoms with E-state index in [0.29, 0.717) is 0 Å². The van der Waals surface area contributed by atoms with Gasteiger partial charge in [0.25, 0.3) is 11.6 Å². The number of nitro benzene ring substituents is 1. The van der Waals surface area contributed by atoms with E-state index in [9.17, 15) is 20.0 Å². The minimum atomic E-state index is -0.695. The van der Waals surface area contributed by atoms with Crippen molar-refractivity contribution in [3.8, 4) is 6.07 Å². The van der Waals surface area contributed by atoms with Crippen molar-refractivity contribution in [1.29, 1.82) is 5.26 Å². The average molecular weight is 296 g/mol. The molecule has 1 amide bonds. The third-order valence-electron chi connectivity index (χ3n) is 2.39. The van der Waals surface area contributed by atoms with Crippen molar-refractivity contribution in [1.82, 2.24) is 4.90 Å². The van der Waals surface area contributed by atoms with E-state index >= 15 is 0 Å². The monoisotopic (exact) mass is 295 g/mol. The normalized spacial score (nSPS) is 11.3. The van der Waals surface area contributed by atoms with Crippen molar-refractivity contribution in [3.63, 3.8) is 0 Å². The minimum absolute atomic E-state index is 0.0241. The second-order valence-corrected chi connectivity index (χ2v) is 4.36. The van der Waals surface area contributed by atoms with Crippen LogP contribution in [0.25, 0.3) is 5.76 Å². The molecule has 1 N–H and O–H groups in total. The molecule has 0 unspecified atom stereocenters. The number of hydrogen-bond donors (Lipinski definition) is 1. The van der Waals surface area contributed by atoms with E-state index in [1.165, 1.54) is 20.2 Å². The van der Waals surface area contributed by atoms with Crippen LogP contribution in [-0.2, 0) is 4.79 Å². The van der Waals surface area contributed by atoms with Crippen molar-refractivity contribution in [2.75, 3.05) is 14.1 Å². The van der Waals surface area contributed by atoms with E-state index in [2.05, 4.69) is 0 Å². The molecule has 7 nitrogen and oxygen atoms in total. The Morgan fingerprint density at radius 1 is 1.50 bits per heavy atom. The lowest BCUT2D eigenvalue weighted by atomic mass is 10.1. The number of nitrogens with zero attached hydrogens (tertiary/aromatic N) is 3. The van der Waals surface area contributed by atoms with E-state index in [1.807, 2.05) is 0 Å². The van der Waals surface area contributed by atoms with Crippen molar-refractivity contribution in [2.24, 2.45) is 0 Å². The molecular weight excluding hydrogens is 286 g/mol. The Bertz CT molecular complexity index is 647. The number of halogens is 1. The summed E-state index contributed by atoms with van der Waals surface area (Å²) in [6, 6.07) is 4.92. The number of rotatable bonds is 3. The largest absolute Gasteiger partial charge is 0.506 e. The van der Waals surface area contributed by atoms with Crippen LogP contribution in [0.5, 0.6) is 0 Å². The number of carbonyl (C=O) groups excluding carboxylic acids is 1. The molecule has 0 atom stereocenters. The Morgan fingerprint density at radius 3 is 2.50 bits per heavy atom. The fourth-order valence-electron chi connectivity index (χ4n) is 1.37. The molecule has 0 spiro atoms. The fourth-order valence-corrected chi connectivity index (χ4v) is 1.63. The molecule has 20 heavy (non-hydrogen) atoms. The number of aliphatic hydroxyl groups is 1. The first kappa shape index (κ1) is 15.5. The zero-order valence-corrected chi connectivity index (χ0v) is 11.4. The molecular formula is C12H10ClN3O4. The molecule has 0 saturated heterocycles. The summed E-state index contributed by atoms with van der Waals surface area (Å²) in [4.78, 5) is 22.8. The highest BCUT2D eigenvalue weighted by molar-refractivity contribution is 6.32. The summed E-state index contributed by atoms with van der Waals surface area (Å²) in [6.45, 7) is 0. The second-order valence-electron chi connectivity index (χ2n) is 3.96.